The van der Waals surface area contributed by atoms with Crippen molar-refractivity contribution in [2.24, 2.45) is 10.9 Å². The van der Waals surface area contributed by atoms with Gasteiger partial charge in [-0.2, -0.15) is 0 Å². The highest BCUT2D eigenvalue weighted by Gasteiger charge is 1.85. The van der Waals surface area contributed by atoms with Crippen molar-refractivity contribution in [1.82, 2.24) is 0 Å². The molecule has 0 amide bonds. The summed E-state index contributed by atoms with van der Waals surface area (Å²) in [5.41, 5.74) is 5.20. The molecule has 3 nitrogen and oxygen atoms in total. The molecule has 0 saturated carbocycles. The second-order valence-corrected chi connectivity index (χ2v) is 2.02. The zero-order valence-corrected chi connectivity index (χ0v) is 6.00. The van der Waals surface area contributed by atoms with E-state index in [1.807, 2.05) is 13.8 Å². The Labute approximate surface area is 55.9 Å². The standard InChI is InChI=1S/C6H14N2O/c1-6(2)9-8-5-3-4-7/h5-6H,3-4,7H2,1-2H3/b8-5+. The van der Waals surface area contributed by atoms with Crippen molar-refractivity contribution in [3.8, 4) is 0 Å². The summed E-state index contributed by atoms with van der Waals surface area (Å²) in [6.07, 6.45) is 2.63. The first-order chi connectivity index (χ1) is 4.27. The maximum atomic E-state index is 5.20. The maximum absolute atomic E-state index is 5.20. The largest absolute Gasteiger partial charge is 0.393 e. The minimum absolute atomic E-state index is 0.166. The molecule has 0 rings (SSSR count). The Morgan fingerprint density at radius 3 is 2.78 bits per heavy atom. The van der Waals surface area contributed by atoms with Gasteiger partial charge in [0.15, 0.2) is 0 Å². The van der Waals surface area contributed by atoms with Crippen LogP contribution in [0.5, 0.6) is 0 Å². The summed E-state index contributed by atoms with van der Waals surface area (Å²) in [5.74, 6) is 0. The van der Waals surface area contributed by atoms with E-state index in [-0.39, 0.29) is 6.10 Å². The lowest BCUT2D eigenvalue weighted by molar-refractivity contribution is 0.0868. The number of nitrogens with two attached hydrogens (primary N) is 1. The van der Waals surface area contributed by atoms with Crippen LogP contribution in [0.3, 0.4) is 0 Å². The second kappa shape index (κ2) is 5.56. The molecule has 0 aromatic heterocycles. The van der Waals surface area contributed by atoms with E-state index >= 15 is 0 Å². The Morgan fingerprint density at radius 1 is 1.67 bits per heavy atom. The maximum Gasteiger partial charge on any atom is 0.121 e. The Hall–Kier alpha value is -0.570. The van der Waals surface area contributed by atoms with E-state index in [0.717, 1.165) is 6.42 Å². The van der Waals surface area contributed by atoms with Crippen molar-refractivity contribution in [1.29, 1.82) is 0 Å². The van der Waals surface area contributed by atoms with Gasteiger partial charge in [-0.05, 0) is 26.8 Å². The lowest BCUT2D eigenvalue weighted by atomic mass is 10.5. The molecule has 0 radical (unpaired) electrons. The van der Waals surface area contributed by atoms with Crippen molar-refractivity contribution in [3.63, 3.8) is 0 Å². The van der Waals surface area contributed by atoms with Gasteiger partial charge in [0.05, 0.1) is 0 Å². The lowest BCUT2D eigenvalue weighted by Crippen LogP contribution is -2.00. The predicted molar refractivity (Wildman–Crippen MR) is 38.4 cm³/mol. The van der Waals surface area contributed by atoms with Gasteiger partial charge in [-0.25, -0.2) is 0 Å². The summed E-state index contributed by atoms with van der Waals surface area (Å²) < 4.78 is 0. The topological polar surface area (TPSA) is 47.6 Å². The van der Waals surface area contributed by atoms with E-state index in [0.29, 0.717) is 6.54 Å². The summed E-state index contributed by atoms with van der Waals surface area (Å²) in [6.45, 7) is 4.49. The van der Waals surface area contributed by atoms with Gasteiger partial charge in [0.25, 0.3) is 0 Å². The van der Waals surface area contributed by atoms with Crippen LogP contribution in [0.15, 0.2) is 5.16 Å². The SMILES string of the molecule is CC(C)O/N=C/CCN. The minimum atomic E-state index is 0.166. The van der Waals surface area contributed by atoms with Crippen LogP contribution in [0.1, 0.15) is 20.3 Å². The first kappa shape index (κ1) is 8.43. The molecule has 2 N–H and O–H groups in total. The van der Waals surface area contributed by atoms with E-state index in [1.165, 1.54) is 0 Å². The molecule has 0 aliphatic rings. The molecule has 9 heavy (non-hydrogen) atoms. The Morgan fingerprint density at radius 2 is 2.33 bits per heavy atom. The van der Waals surface area contributed by atoms with E-state index < -0.39 is 0 Å². The summed E-state index contributed by atoms with van der Waals surface area (Å²) in [4.78, 5) is 4.86. The number of nitrogens with zero attached hydrogens (tertiary/aromatic N) is 1. The lowest BCUT2D eigenvalue weighted by Gasteiger charge is -1.99. The Bertz CT molecular complexity index is 81.1. The second-order valence-electron chi connectivity index (χ2n) is 2.02. The van der Waals surface area contributed by atoms with Crippen LogP contribution >= 0.6 is 0 Å². The molecular formula is C6H14N2O. The minimum Gasteiger partial charge on any atom is -0.393 e. The Kier molecular flexibility index (Phi) is 5.21. The molecule has 0 aromatic carbocycles. The highest BCUT2D eigenvalue weighted by Crippen LogP contribution is 1.86. The third kappa shape index (κ3) is 7.43. The molecule has 0 aliphatic heterocycles. The van der Waals surface area contributed by atoms with Gasteiger partial charge in [-0.3, -0.25) is 0 Å². The molecule has 0 fully saturated rings. The van der Waals surface area contributed by atoms with Gasteiger partial charge in [-0.1, -0.05) is 5.16 Å². The molecule has 0 unspecified atom stereocenters. The predicted octanol–water partition coefficient (Wildman–Crippen LogP) is 0.746. The molecular weight excluding hydrogens is 116 g/mol. The van der Waals surface area contributed by atoms with Gasteiger partial charge in [-0.15, -0.1) is 0 Å². The van der Waals surface area contributed by atoms with Gasteiger partial charge in [0.2, 0.25) is 0 Å². The first-order valence-electron chi connectivity index (χ1n) is 3.15. The number of rotatable bonds is 4. The number of hydrogen-bond donors (Lipinski definition) is 1. The smallest absolute Gasteiger partial charge is 0.121 e. The van der Waals surface area contributed by atoms with Gasteiger partial charge in [0, 0.05) is 6.21 Å². The van der Waals surface area contributed by atoms with E-state index in [2.05, 4.69) is 5.16 Å². The van der Waals surface area contributed by atoms with Crippen LogP contribution in [0.2, 0.25) is 0 Å². The highest BCUT2D eigenvalue weighted by molar-refractivity contribution is 5.56. The van der Waals surface area contributed by atoms with Crippen molar-refractivity contribution in [3.05, 3.63) is 0 Å². The van der Waals surface area contributed by atoms with Crippen molar-refractivity contribution in [2.45, 2.75) is 26.4 Å². The van der Waals surface area contributed by atoms with Crippen LogP contribution in [-0.2, 0) is 4.84 Å². The van der Waals surface area contributed by atoms with Crippen molar-refractivity contribution < 1.29 is 4.84 Å². The summed E-state index contributed by atoms with van der Waals surface area (Å²) in [7, 11) is 0. The molecule has 0 aliphatic carbocycles. The van der Waals surface area contributed by atoms with E-state index in [9.17, 15) is 0 Å². The molecule has 0 aromatic rings. The van der Waals surface area contributed by atoms with Crippen LogP contribution < -0.4 is 5.73 Å². The fourth-order valence-electron chi connectivity index (χ4n) is 0.292. The average molecular weight is 130 g/mol. The quantitative estimate of drug-likeness (QED) is 0.451. The molecule has 0 spiro atoms. The van der Waals surface area contributed by atoms with Crippen molar-refractivity contribution in [2.75, 3.05) is 6.54 Å². The van der Waals surface area contributed by atoms with Gasteiger partial charge in [0.1, 0.15) is 6.10 Å². The summed E-state index contributed by atoms with van der Waals surface area (Å²) in [5, 5.41) is 3.66. The Balaban J connectivity index is 3.04. The van der Waals surface area contributed by atoms with Crippen LogP contribution in [0, 0.1) is 0 Å². The number of oxime groups is 1. The molecule has 3 heteroatoms. The van der Waals surface area contributed by atoms with E-state index in [1.54, 1.807) is 6.21 Å². The zero-order valence-electron chi connectivity index (χ0n) is 6.00. The highest BCUT2D eigenvalue weighted by atomic mass is 16.6. The fourth-order valence-corrected chi connectivity index (χ4v) is 0.292. The molecule has 54 valence electrons. The van der Waals surface area contributed by atoms with Crippen LogP contribution in [-0.4, -0.2) is 18.9 Å². The summed E-state index contributed by atoms with van der Waals surface area (Å²) >= 11 is 0. The summed E-state index contributed by atoms with van der Waals surface area (Å²) in [6, 6.07) is 0. The monoisotopic (exact) mass is 130 g/mol. The third-order valence-electron chi connectivity index (χ3n) is 0.642. The van der Waals surface area contributed by atoms with Gasteiger partial charge < -0.3 is 10.6 Å². The molecule has 0 atom stereocenters. The fraction of sp³-hybridized carbons (Fsp3) is 0.833. The zero-order chi connectivity index (χ0) is 7.11. The van der Waals surface area contributed by atoms with E-state index in [4.69, 9.17) is 10.6 Å². The normalized spacial score (nSPS) is 11.1. The molecule has 0 bridgehead atoms. The molecule has 0 heterocycles. The van der Waals surface area contributed by atoms with Gasteiger partial charge >= 0.3 is 0 Å². The third-order valence-corrected chi connectivity index (χ3v) is 0.642. The van der Waals surface area contributed by atoms with Crippen LogP contribution in [0.25, 0.3) is 0 Å². The first-order valence-corrected chi connectivity index (χ1v) is 3.15. The van der Waals surface area contributed by atoms with Crippen molar-refractivity contribution >= 4 is 6.21 Å². The van der Waals surface area contributed by atoms with Crippen LogP contribution in [0.4, 0.5) is 0 Å². The average Bonchev–Trinajstić information content (AvgIpc) is 1.80. The molecule has 0 saturated heterocycles. The number of hydrogen-bond acceptors (Lipinski definition) is 3.